The van der Waals surface area contributed by atoms with E-state index < -0.39 is 35.6 Å². The highest BCUT2D eigenvalue weighted by Crippen LogP contribution is 2.75. The molecule has 0 spiro atoms. The summed E-state index contributed by atoms with van der Waals surface area (Å²) in [6.07, 6.45) is 2.79. The zero-order valence-corrected chi connectivity index (χ0v) is 24.0. The number of aliphatic hydroxyl groups excluding tert-OH is 4. The van der Waals surface area contributed by atoms with Crippen molar-refractivity contribution in [2.45, 2.75) is 142 Å². The molecule has 0 heterocycles. The third-order valence-electron chi connectivity index (χ3n) is 12.8. The molecule has 36 heavy (non-hydrogen) atoms. The largest absolute Gasteiger partial charge is 0.393 e. The van der Waals surface area contributed by atoms with Gasteiger partial charge in [0.05, 0.1) is 35.6 Å². The second-order valence-corrected chi connectivity index (χ2v) is 15.6. The molecule has 4 aliphatic carbocycles. The molecule has 4 aliphatic rings. The Bertz CT molecular complexity index is 834. The summed E-state index contributed by atoms with van der Waals surface area (Å²) < 4.78 is 0. The van der Waals surface area contributed by atoms with Gasteiger partial charge in [0.15, 0.2) is 0 Å². The van der Waals surface area contributed by atoms with E-state index in [4.69, 9.17) is 0 Å². The molecule has 0 aromatic carbocycles. The summed E-state index contributed by atoms with van der Waals surface area (Å²) in [5, 5.41) is 66.6. The molecule has 4 fully saturated rings. The topological polar surface area (TPSA) is 121 Å². The molecule has 0 aliphatic heterocycles. The highest BCUT2D eigenvalue weighted by atomic mass is 16.3. The van der Waals surface area contributed by atoms with Crippen LogP contribution >= 0.6 is 0 Å². The molecule has 4 unspecified atom stereocenters. The first-order chi connectivity index (χ1) is 16.2. The molecular formula is C30H54O6. The van der Waals surface area contributed by atoms with E-state index in [1.54, 1.807) is 13.8 Å². The zero-order chi connectivity index (χ0) is 27.3. The van der Waals surface area contributed by atoms with E-state index >= 15 is 0 Å². The molecule has 0 saturated heterocycles. The summed E-state index contributed by atoms with van der Waals surface area (Å²) in [6.45, 7) is 16.1. The first-order valence-corrected chi connectivity index (χ1v) is 14.4. The summed E-state index contributed by atoms with van der Waals surface area (Å²) in [7, 11) is 0. The van der Waals surface area contributed by atoms with Gasteiger partial charge in [-0.3, -0.25) is 0 Å². The Hall–Kier alpha value is -0.240. The summed E-state index contributed by atoms with van der Waals surface area (Å²) >= 11 is 0. The Morgan fingerprint density at radius 1 is 0.861 bits per heavy atom. The van der Waals surface area contributed by atoms with Gasteiger partial charge in [-0.25, -0.2) is 0 Å². The van der Waals surface area contributed by atoms with Crippen LogP contribution in [-0.2, 0) is 0 Å². The monoisotopic (exact) mass is 510 g/mol. The number of fused-ring (bicyclic) bond motifs is 5. The van der Waals surface area contributed by atoms with Gasteiger partial charge in [-0.1, -0.05) is 34.6 Å². The Morgan fingerprint density at radius 3 is 2.06 bits per heavy atom. The van der Waals surface area contributed by atoms with Crippen LogP contribution in [0.25, 0.3) is 0 Å². The number of rotatable bonds is 5. The second-order valence-electron chi connectivity index (χ2n) is 15.6. The van der Waals surface area contributed by atoms with E-state index in [9.17, 15) is 30.6 Å². The van der Waals surface area contributed by atoms with Crippen LogP contribution < -0.4 is 0 Å². The van der Waals surface area contributed by atoms with E-state index in [-0.39, 0.29) is 45.3 Å². The minimum absolute atomic E-state index is 0.0252. The minimum Gasteiger partial charge on any atom is -0.393 e. The Morgan fingerprint density at radius 2 is 1.47 bits per heavy atom. The maximum atomic E-state index is 11.8. The molecule has 0 radical (unpaired) electrons. The van der Waals surface area contributed by atoms with Gasteiger partial charge in [0.25, 0.3) is 0 Å². The fraction of sp³-hybridized carbons (Fsp3) is 1.00. The van der Waals surface area contributed by atoms with Crippen LogP contribution in [0.4, 0.5) is 0 Å². The van der Waals surface area contributed by atoms with Gasteiger partial charge in [-0.15, -0.1) is 0 Å². The van der Waals surface area contributed by atoms with Crippen molar-refractivity contribution in [3.63, 3.8) is 0 Å². The van der Waals surface area contributed by atoms with Crippen LogP contribution in [0.5, 0.6) is 0 Å². The summed E-state index contributed by atoms with van der Waals surface area (Å²) in [6, 6.07) is 0. The van der Waals surface area contributed by atoms with Gasteiger partial charge in [-0.05, 0) is 117 Å². The van der Waals surface area contributed by atoms with Crippen LogP contribution in [0.2, 0.25) is 0 Å². The van der Waals surface area contributed by atoms with Crippen LogP contribution in [0.15, 0.2) is 0 Å². The predicted octanol–water partition coefficient (Wildman–Crippen LogP) is 3.64. The van der Waals surface area contributed by atoms with Crippen molar-refractivity contribution in [3.8, 4) is 0 Å². The normalized spacial score (nSPS) is 51.0. The summed E-state index contributed by atoms with van der Waals surface area (Å²) in [5.74, 6) is -0.0101. The fourth-order valence-electron chi connectivity index (χ4n) is 10.6. The van der Waals surface area contributed by atoms with Crippen LogP contribution in [-0.4, -0.2) is 66.3 Å². The highest BCUT2D eigenvalue weighted by molar-refractivity contribution is 5.21. The molecule has 6 heteroatoms. The van der Waals surface area contributed by atoms with Gasteiger partial charge in [-0.2, -0.15) is 0 Å². The first-order valence-electron chi connectivity index (χ1n) is 14.4. The molecular weight excluding hydrogens is 456 g/mol. The predicted molar refractivity (Wildman–Crippen MR) is 140 cm³/mol. The van der Waals surface area contributed by atoms with Gasteiger partial charge < -0.3 is 30.6 Å². The number of hydrogen-bond acceptors (Lipinski definition) is 6. The molecule has 0 bridgehead atoms. The van der Waals surface area contributed by atoms with Crippen molar-refractivity contribution >= 4 is 0 Å². The van der Waals surface area contributed by atoms with E-state index in [2.05, 4.69) is 34.6 Å². The molecule has 0 aromatic rings. The Balaban J connectivity index is 1.66. The second kappa shape index (κ2) is 8.63. The average Bonchev–Trinajstić information content (AvgIpc) is 3.11. The smallest absolute Gasteiger partial charge is 0.0849 e. The van der Waals surface area contributed by atoms with E-state index in [1.807, 2.05) is 6.92 Å². The maximum absolute atomic E-state index is 11.8. The van der Waals surface area contributed by atoms with Gasteiger partial charge in [0.2, 0.25) is 0 Å². The lowest BCUT2D eigenvalue weighted by Gasteiger charge is -2.71. The molecule has 6 N–H and O–H groups in total. The molecule has 0 aromatic heterocycles. The number of hydrogen-bond donors (Lipinski definition) is 6. The van der Waals surface area contributed by atoms with Gasteiger partial charge in [0, 0.05) is 0 Å². The molecule has 210 valence electrons. The maximum Gasteiger partial charge on any atom is 0.0849 e. The molecule has 12 atom stereocenters. The quantitative estimate of drug-likeness (QED) is 0.336. The summed E-state index contributed by atoms with van der Waals surface area (Å²) in [5.41, 5.74) is -3.31. The van der Waals surface area contributed by atoms with E-state index in [0.29, 0.717) is 25.7 Å². The van der Waals surface area contributed by atoms with Gasteiger partial charge in [0.1, 0.15) is 0 Å². The van der Waals surface area contributed by atoms with Crippen molar-refractivity contribution in [1.29, 1.82) is 0 Å². The van der Waals surface area contributed by atoms with Crippen molar-refractivity contribution in [2.75, 3.05) is 0 Å². The fourth-order valence-corrected chi connectivity index (χ4v) is 10.6. The zero-order valence-electron chi connectivity index (χ0n) is 24.0. The minimum atomic E-state index is -1.23. The molecule has 0 amide bonds. The number of aliphatic hydroxyl groups is 6. The van der Waals surface area contributed by atoms with Crippen molar-refractivity contribution in [1.82, 2.24) is 0 Å². The Labute approximate surface area is 218 Å². The molecule has 4 saturated carbocycles. The lowest BCUT2D eigenvalue weighted by Crippen LogP contribution is -2.69. The molecule has 6 nitrogen and oxygen atoms in total. The SMILES string of the molecule is CC(C)(O)C(O)CC[C@](C)(O)C1CC[C@]2(C)C1[C@H](O)C[C@@H]1[C@@]3(C)CC[C@H](O)C(C)(C)C3[C@@H](O)C[C@]12C. The molecule has 4 rings (SSSR count). The Kier molecular flexibility index (Phi) is 6.89. The van der Waals surface area contributed by atoms with Gasteiger partial charge >= 0.3 is 0 Å². The van der Waals surface area contributed by atoms with Crippen LogP contribution in [0, 0.1) is 45.3 Å². The van der Waals surface area contributed by atoms with Crippen molar-refractivity contribution in [3.05, 3.63) is 0 Å². The van der Waals surface area contributed by atoms with E-state index in [0.717, 1.165) is 25.7 Å². The average molecular weight is 511 g/mol. The first kappa shape index (κ1) is 28.8. The third-order valence-corrected chi connectivity index (χ3v) is 12.8. The lowest BCUT2D eigenvalue weighted by atomic mass is 9.34. The highest BCUT2D eigenvalue weighted by Gasteiger charge is 2.72. The van der Waals surface area contributed by atoms with E-state index in [1.165, 1.54) is 0 Å². The van der Waals surface area contributed by atoms with Crippen molar-refractivity contribution < 1.29 is 30.6 Å². The summed E-state index contributed by atoms with van der Waals surface area (Å²) in [4.78, 5) is 0. The van der Waals surface area contributed by atoms with Crippen LogP contribution in [0.3, 0.4) is 0 Å². The lowest BCUT2D eigenvalue weighted by molar-refractivity contribution is -0.274. The van der Waals surface area contributed by atoms with Crippen molar-refractivity contribution in [2.24, 2.45) is 45.3 Å². The third kappa shape index (κ3) is 3.95. The van der Waals surface area contributed by atoms with Crippen LogP contribution in [0.1, 0.15) is 107 Å². The standard InChI is InChI=1S/C30H54O6/c1-25(2)21(33)10-12-27(5)20-15-18(31)23-17(30(8,36)14-11-22(34)26(3,4)35)9-13-28(23,6)29(20,7)16-19(32)24(25)27/h17-24,31-36H,9-16H2,1-8H3/t17?,18-,19+,20-,21+,22?,23?,24?,27-,28-,29-,30+/m1/s1.